The van der Waals surface area contributed by atoms with Gasteiger partial charge in [0.2, 0.25) is 0 Å². The molecule has 214 valence electrons. The Morgan fingerprint density at radius 2 is 1.34 bits per heavy atom. The fraction of sp³-hybridized carbons (Fsp3) is 0.343. The lowest BCUT2D eigenvalue weighted by atomic mass is 10.1. The Morgan fingerprint density at radius 1 is 0.756 bits per heavy atom. The SMILES string of the molecule is C=CC(=O)OCCCCCCCCCOc1ccc(N=Nc2ccc(C#Cc3ccc(OCC)cc3)cc2C)cc1. The molecule has 0 fully saturated rings. The van der Waals surface area contributed by atoms with Crippen LogP contribution in [0.1, 0.15) is 68.6 Å². The molecule has 0 aliphatic heterocycles. The van der Waals surface area contributed by atoms with E-state index in [9.17, 15) is 4.79 Å². The monoisotopic (exact) mass is 552 g/mol. The zero-order valence-corrected chi connectivity index (χ0v) is 24.2. The molecule has 0 saturated carbocycles. The van der Waals surface area contributed by atoms with Gasteiger partial charge in [-0.3, -0.25) is 0 Å². The number of ether oxygens (including phenoxy) is 3. The molecule has 0 aromatic heterocycles. The van der Waals surface area contributed by atoms with Crippen molar-refractivity contribution in [2.45, 2.75) is 58.8 Å². The van der Waals surface area contributed by atoms with E-state index < -0.39 is 0 Å². The smallest absolute Gasteiger partial charge is 0.330 e. The molecule has 0 heterocycles. The number of carbonyl (C=O) groups excluding carboxylic acids is 1. The van der Waals surface area contributed by atoms with Gasteiger partial charge in [-0.1, -0.05) is 50.5 Å². The summed E-state index contributed by atoms with van der Waals surface area (Å²) in [5.74, 6) is 7.75. The molecule has 0 unspecified atom stereocenters. The predicted octanol–water partition coefficient (Wildman–Crippen LogP) is 9.05. The highest BCUT2D eigenvalue weighted by Gasteiger charge is 2.00. The second-order valence-electron chi connectivity index (χ2n) is 9.60. The first-order valence-corrected chi connectivity index (χ1v) is 14.4. The number of hydrogen-bond donors (Lipinski definition) is 0. The molecular formula is C35H40N2O4. The van der Waals surface area contributed by atoms with E-state index in [2.05, 4.69) is 28.6 Å². The van der Waals surface area contributed by atoms with Crippen molar-refractivity contribution < 1.29 is 19.0 Å². The molecule has 6 nitrogen and oxygen atoms in total. The van der Waals surface area contributed by atoms with Crippen molar-refractivity contribution in [2.75, 3.05) is 19.8 Å². The zero-order valence-electron chi connectivity index (χ0n) is 24.2. The van der Waals surface area contributed by atoms with E-state index in [-0.39, 0.29) is 5.97 Å². The first kappa shape index (κ1) is 31.2. The van der Waals surface area contributed by atoms with Gasteiger partial charge in [0.25, 0.3) is 0 Å². The normalized spacial score (nSPS) is 10.6. The fourth-order valence-electron chi connectivity index (χ4n) is 4.02. The molecule has 0 bridgehead atoms. The maximum Gasteiger partial charge on any atom is 0.330 e. The molecule has 0 saturated heterocycles. The van der Waals surface area contributed by atoms with Gasteiger partial charge in [-0.2, -0.15) is 10.2 Å². The Kier molecular flexibility index (Phi) is 13.7. The van der Waals surface area contributed by atoms with Crippen LogP contribution in [0.5, 0.6) is 11.5 Å². The van der Waals surface area contributed by atoms with Gasteiger partial charge in [-0.05, 0) is 99.0 Å². The Bertz CT molecular complexity index is 1320. The molecule has 41 heavy (non-hydrogen) atoms. The average molecular weight is 553 g/mol. The first-order valence-electron chi connectivity index (χ1n) is 14.4. The third-order valence-corrected chi connectivity index (χ3v) is 6.29. The fourth-order valence-corrected chi connectivity index (χ4v) is 4.02. The standard InChI is InChI=1S/C35H40N2O4/c1-4-35(38)41-26-12-10-8-6-7-9-11-25-40-33-22-18-31(19-23-33)36-37-34-24-17-30(27-28(34)3)14-13-29-15-20-32(21-16-29)39-5-2/h4,15-24,27H,1,5-12,25-26H2,2-3H3. The summed E-state index contributed by atoms with van der Waals surface area (Å²) in [6.07, 6.45) is 8.89. The van der Waals surface area contributed by atoms with Crippen molar-refractivity contribution in [3.63, 3.8) is 0 Å². The number of rotatable bonds is 16. The van der Waals surface area contributed by atoms with E-state index in [4.69, 9.17) is 14.2 Å². The number of aryl methyl sites for hydroxylation is 1. The number of carbonyl (C=O) groups is 1. The lowest BCUT2D eigenvalue weighted by Gasteiger charge is -2.06. The summed E-state index contributed by atoms with van der Waals surface area (Å²) in [5, 5.41) is 8.81. The van der Waals surface area contributed by atoms with Crippen LogP contribution in [0.4, 0.5) is 11.4 Å². The third kappa shape index (κ3) is 12.1. The van der Waals surface area contributed by atoms with Crippen molar-refractivity contribution in [1.82, 2.24) is 0 Å². The number of hydrogen-bond acceptors (Lipinski definition) is 6. The van der Waals surface area contributed by atoms with Crippen LogP contribution in [0.3, 0.4) is 0 Å². The minimum absolute atomic E-state index is 0.343. The summed E-state index contributed by atoms with van der Waals surface area (Å²) < 4.78 is 16.3. The number of esters is 1. The van der Waals surface area contributed by atoms with E-state index in [1.165, 1.54) is 18.9 Å². The number of unbranched alkanes of at least 4 members (excludes halogenated alkanes) is 6. The molecule has 0 radical (unpaired) electrons. The summed E-state index contributed by atoms with van der Waals surface area (Å²) in [4.78, 5) is 11.0. The minimum Gasteiger partial charge on any atom is -0.494 e. The quantitative estimate of drug-likeness (QED) is 0.0584. The van der Waals surface area contributed by atoms with E-state index in [1.54, 1.807) is 0 Å². The molecular weight excluding hydrogens is 512 g/mol. The van der Waals surface area contributed by atoms with E-state index >= 15 is 0 Å². The largest absolute Gasteiger partial charge is 0.494 e. The molecule has 0 spiro atoms. The van der Waals surface area contributed by atoms with Crippen molar-refractivity contribution in [3.8, 4) is 23.3 Å². The molecule has 6 heteroatoms. The zero-order chi connectivity index (χ0) is 29.1. The molecule has 0 amide bonds. The van der Waals surface area contributed by atoms with Gasteiger partial charge >= 0.3 is 5.97 Å². The minimum atomic E-state index is -0.343. The third-order valence-electron chi connectivity index (χ3n) is 6.29. The Balaban J connectivity index is 1.35. The summed E-state index contributed by atoms with van der Waals surface area (Å²) in [6, 6.07) is 21.4. The average Bonchev–Trinajstić information content (AvgIpc) is 2.99. The van der Waals surface area contributed by atoms with E-state index in [0.717, 1.165) is 71.7 Å². The van der Waals surface area contributed by atoms with Crippen LogP contribution in [-0.4, -0.2) is 25.8 Å². The van der Waals surface area contributed by atoms with Crippen LogP contribution in [0, 0.1) is 18.8 Å². The van der Waals surface area contributed by atoms with Crippen LogP contribution in [0.2, 0.25) is 0 Å². The topological polar surface area (TPSA) is 69.5 Å². The summed E-state index contributed by atoms with van der Waals surface area (Å²) in [7, 11) is 0. The van der Waals surface area contributed by atoms with Crippen molar-refractivity contribution in [2.24, 2.45) is 10.2 Å². The van der Waals surface area contributed by atoms with Gasteiger partial charge in [0.15, 0.2) is 0 Å². The van der Waals surface area contributed by atoms with Crippen LogP contribution < -0.4 is 9.47 Å². The van der Waals surface area contributed by atoms with Crippen LogP contribution in [0.15, 0.2) is 89.6 Å². The summed E-state index contributed by atoms with van der Waals surface area (Å²) >= 11 is 0. The van der Waals surface area contributed by atoms with Crippen LogP contribution in [0.25, 0.3) is 0 Å². The van der Waals surface area contributed by atoms with Crippen molar-refractivity contribution >= 4 is 17.3 Å². The maximum atomic E-state index is 11.0. The Morgan fingerprint density at radius 3 is 2.00 bits per heavy atom. The van der Waals surface area contributed by atoms with Gasteiger partial charge in [-0.25, -0.2) is 4.79 Å². The van der Waals surface area contributed by atoms with Gasteiger partial charge < -0.3 is 14.2 Å². The highest BCUT2D eigenvalue weighted by molar-refractivity contribution is 5.81. The molecule has 0 N–H and O–H groups in total. The van der Waals surface area contributed by atoms with Gasteiger partial charge in [0, 0.05) is 17.2 Å². The molecule has 0 atom stereocenters. The Labute approximate surface area is 244 Å². The molecule has 3 rings (SSSR count). The van der Waals surface area contributed by atoms with E-state index in [1.807, 2.05) is 80.6 Å². The summed E-state index contributed by atoms with van der Waals surface area (Å²) in [6.45, 7) is 9.20. The predicted molar refractivity (Wildman–Crippen MR) is 164 cm³/mol. The second kappa shape index (κ2) is 18.1. The number of azo groups is 1. The second-order valence-corrected chi connectivity index (χ2v) is 9.60. The van der Waals surface area contributed by atoms with Gasteiger partial charge in [0.1, 0.15) is 11.5 Å². The number of benzene rings is 3. The Hall–Kier alpha value is -4.37. The summed E-state index contributed by atoms with van der Waals surface area (Å²) in [5.41, 5.74) is 4.47. The molecule has 3 aromatic carbocycles. The number of nitrogens with zero attached hydrogens (tertiary/aromatic N) is 2. The van der Waals surface area contributed by atoms with Crippen LogP contribution in [-0.2, 0) is 9.53 Å². The molecule has 3 aromatic rings. The van der Waals surface area contributed by atoms with Crippen molar-refractivity contribution in [3.05, 3.63) is 96.1 Å². The first-order chi connectivity index (χ1) is 20.1. The molecule has 0 aliphatic carbocycles. The van der Waals surface area contributed by atoms with Gasteiger partial charge in [-0.15, -0.1) is 0 Å². The van der Waals surface area contributed by atoms with Gasteiger partial charge in [0.05, 0.1) is 31.2 Å². The van der Waals surface area contributed by atoms with E-state index in [0.29, 0.717) is 19.8 Å². The lowest BCUT2D eigenvalue weighted by molar-refractivity contribution is -0.137. The highest BCUT2D eigenvalue weighted by Crippen LogP contribution is 2.24. The highest BCUT2D eigenvalue weighted by atomic mass is 16.5. The van der Waals surface area contributed by atoms with Crippen LogP contribution >= 0.6 is 0 Å². The van der Waals surface area contributed by atoms with Crippen molar-refractivity contribution in [1.29, 1.82) is 0 Å². The lowest BCUT2D eigenvalue weighted by Crippen LogP contribution is -2.01. The molecule has 0 aliphatic rings. The maximum absolute atomic E-state index is 11.0.